The molecule has 0 amide bonds. The molecule has 5 nitrogen and oxygen atoms in total. The minimum atomic E-state index is -3.41. The summed E-state index contributed by atoms with van der Waals surface area (Å²) in [5, 5.41) is 8.49. The first kappa shape index (κ1) is 12.4. The van der Waals surface area contributed by atoms with E-state index in [2.05, 4.69) is 4.72 Å². The Balaban J connectivity index is 2.61. The predicted molar refractivity (Wildman–Crippen MR) is 56.0 cm³/mol. The molecule has 0 aromatic carbocycles. The lowest BCUT2D eigenvalue weighted by Gasteiger charge is -2.16. The fraction of sp³-hybridized carbons (Fsp3) is 0.889. The number of hydrogen-bond donors (Lipinski definition) is 2. The molecular weight excluding hydrogens is 218 g/mol. The molecule has 0 aliphatic heterocycles. The second-order valence-electron chi connectivity index (χ2n) is 4.38. The third-order valence-corrected chi connectivity index (χ3v) is 4.24. The van der Waals surface area contributed by atoms with Crippen molar-refractivity contribution in [3.05, 3.63) is 0 Å². The molecule has 1 saturated carbocycles. The number of aliphatic carboxylic acids is 1. The van der Waals surface area contributed by atoms with Gasteiger partial charge in [-0.15, -0.1) is 0 Å². The van der Waals surface area contributed by atoms with E-state index >= 15 is 0 Å². The molecule has 0 radical (unpaired) electrons. The van der Waals surface area contributed by atoms with Crippen molar-refractivity contribution in [3.63, 3.8) is 0 Å². The molecule has 6 heteroatoms. The lowest BCUT2D eigenvalue weighted by molar-refractivity contribution is -0.139. The Bertz CT molecular complexity index is 332. The Morgan fingerprint density at radius 1 is 1.47 bits per heavy atom. The average molecular weight is 235 g/mol. The van der Waals surface area contributed by atoms with Crippen LogP contribution in [0.5, 0.6) is 0 Å². The van der Waals surface area contributed by atoms with Gasteiger partial charge in [-0.1, -0.05) is 13.8 Å². The van der Waals surface area contributed by atoms with E-state index in [1.165, 1.54) is 0 Å². The molecule has 1 rings (SSSR count). The molecule has 1 aliphatic carbocycles. The molecule has 0 saturated heterocycles. The van der Waals surface area contributed by atoms with E-state index in [9.17, 15) is 13.2 Å². The summed E-state index contributed by atoms with van der Waals surface area (Å²) in [7, 11) is -3.41. The zero-order chi connectivity index (χ0) is 11.6. The standard InChI is InChI=1S/C9H17NO4S/c1-6(2)5-8(9(11)12)10-15(13,14)7-3-4-7/h6-8,10H,3-5H2,1-2H3,(H,11,12)/t8-/m1/s1. The van der Waals surface area contributed by atoms with E-state index in [0.29, 0.717) is 19.3 Å². The van der Waals surface area contributed by atoms with E-state index in [4.69, 9.17) is 5.11 Å². The number of nitrogens with one attached hydrogen (secondary N) is 1. The maximum Gasteiger partial charge on any atom is 0.321 e. The zero-order valence-corrected chi connectivity index (χ0v) is 9.75. The van der Waals surface area contributed by atoms with Crippen molar-refractivity contribution in [3.8, 4) is 0 Å². The van der Waals surface area contributed by atoms with Crippen LogP contribution in [0.4, 0.5) is 0 Å². The summed E-state index contributed by atoms with van der Waals surface area (Å²) in [6.45, 7) is 3.72. The Labute approximate surface area is 89.9 Å². The molecule has 0 unspecified atom stereocenters. The molecule has 88 valence electrons. The largest absolute Gasteiger partial charge is 0.480 e. The molecule has 1 aliphatic rings. The molecule has 0 spiro atoms. The third-order valence-electron chi connectivity index (χ3n) is 2.27. The molecule has 1 atom stereocenters. The molecule has 0 bridgehead atoms. The molecule has 2 N–H and O–H groups in total. The highest BCUT2D eigenvalue weighted by Gasteiger charge is 2.38. The van der Waals surface area contributed by atoms with Crippen molar-refractivity contribution in [2.45, 2.75) is 44.4 Å². The first-order valence-corrected chi connectivity index (χ1v) is 6.61. The molecule has 0 aromatic rings. The highest BCUT2D eigenvalue weighted by molar-refractivity contribution is 7.90. The van der Waals surface area contributed by atoms with Gasteiger partial charge in [0.2, 0.25) is 10.0 Å². The van der Waals surface area contributed by atoms with E-state index in [0.717, 1.165) is 0 Å². The van der Waals surface area contributed by atoms with Gasteiger partial charge >= 0.3 is 5.97 Å². The Morgan fingerprint density at radius 2 is 2.00 bits per heavy atom. The summed E-state index contributed by atoms with van der Waals surface area (Å²) in [5.41, 5.74) is 0. The fourth-order valence-electron chi connectivity index (χ4n) is 1.34. The highest BCUT2D eigenvalue weighted by Crippen LogP contribution is 2.28. The van der Waals surface area contributed by atoms with Gasteiger partial charge in [0.25, 0.3) is 0 Å². The smallest absolute Gasteiger partial charge is 0.321 e. The molecule has 0 heterocycles. The van der Waals surface area contributed by atoms with Gasteiger partial charge < -0.3 is 5.11 Å². The van der Waals surface area contributed by atoms with Crippen LogP contribution < -0.4 is 4.72 Å². The van der Waals surface area contributed by atoms with E-state index in [1.54, 1.807) is 0 Å². The third kappa shape index (κ3) is 3.79. The second-order valence-corrected chi connectivity index (χ2v) is 6.37. The van der Waals surface area contributed by atoms with Gasteiger partial charge in [0.05, 0.1) is 5.25 Å². The van der Waals surface area contributed by atoms with Crippen molar-refractivity contribution in [2.24, 2.45) is 5.92 Å². The minimum Gasteiger partial charge on any atom is -0.480 e. The normalized spacial score (nSPS) is 19.1. The number of sulfonamides is 1. The van der Waals surface area contributed by atoms with Gasteiger partial charge in [0.1, 0.15) is 6.04 Å². The number of carboxylic acids is 1. The Morgan fingerprint density at radius 3 is 2.33 bits per heavy atom. The van der Waals surface area contributed by atoms with Crippen LogP contribution in [0, 0.1) is 5.92 Å². The number of hydrogen-bond acceptors (Lipinski definition) is 3. The van der Waals surface area contributed by atoms with Gasteiger partial charge in [0.15, 0.2) is 0 Å². The summed E-state index contributed by atoms with van der Waals surface area (Å²) < 4.78 is 25.3. The van der Waals surface area contributed by atoms with E-state index in [-0.39, 0.29) is 11.2 Å². The molecule has 15 heavy (non-hydrogen) atoms. The fourth-order valence-corrected chi connectivity index (χ4v) is 2.89. The molecule has 1 fully saturated rings. The summed E-state index contributed by atoms with van der Waals surface area (Å²) >= 11 is 0. The van der Waals surface area contributed by atoms with Crippen molar-refractivity contribution >= 4 is 16.0 Å². The highest BCUT2D eigenvalue weighted by atomic mass is 32.2. The summed E-state index contributed by atoms with van der Waals surface area (Å²) in [6.07, 6.45) is 1.61. The van der Waals surface area contributed by atoms with Gasteiger partial charge in [0, 0.05) is 0 Å². The second kappa shape index (κ2) is 4.49. The first-order valence-electron chi connectivity index (χ1n) is 5.07. The quantitative estimate of drug-likeness (QED) is 0.705. The van der Waals surface area contributed by atoms with Crippen LogP contribution in [0.2, 0.25) is 0 Å². The Hall–Kier alpha value is -0.620. The van der Waals surface area contributed by atoms with Crippen molar-refractivity contribution in [1.82, 2.24) is 4.72 Å². The number of rotatable bonds is 6. The summed E-state index contributed by atoms with van der Waals surface area (Å²) in [6, 6.07) is -0.990. The maximum absolute atomic E-state index is 11.5. The van der Waals surface area contributed by atoms with Crippen LogP contribution in [-0.2, 0) is 14.8 Å². The van der Waals surface area contributed by atoms with E-state index in [1.807, 2.05) is 13.8 Å². The summed E-state index contributed by atoms with van der Waals surface area (Å²) in [4.78, 5) is 10.8. The van der Waals surface area contributed by atoms with Crippen molar-refractivity contribution < 1.29 is 18.3 Å². The van der Waals surface area contributed by atoms with Gasteiger partial charge in [-0.3, -0.25) is 4.79 Å². The minimum absolute atomic E-state index is 0.146. The molecule has 0 aromatic heterocycles. The van der Waals surface area contributed by atoms with Crippen molar-refractivity contribution in [2.75, 3.05) is 0 Å². The lowest BCUT2D eigenvalue weighted by atomic mass is 10.1. The van der Waals surface area contributed by atoms with Crippen LogP contribution in [0.15, 0.2) is 0 Å². The SMILES string of the molecule is CC(C)C[C@@H](NS(=O)(=O)C1CC1)C(=O)O. The van der Waals surface area contributed by atoms with Crippen LogP contribution >= 0.6 is 0 Å². The van der Waals surface area contributed by atoms with Gasteiger partial charge in [-0.25, -0.2) is 13.1 Å². The van der Waals surface area contributed by atoms with Crippen LogP contribution in [0.25, 0.3) is 0 Å². The topological polar surface area (TPSA) is 83.5 Å². The molecular formula is C9H17NO4S. The number of carbonyl (C=O) groups is 1. The monoisotopic (exact) mass is 235 g/mol. The first-order chi connectivity index (χ1) is 6.83. The number of carboxylic acid groups (broad SMARTS) is 1. The predicted octanol–water partition coefficient (Wildman–Crippen LogP) is 0.567. The Kier molecular flexibility index (Phi) is 3.72. The van der Waals surface area contributed by atoms with Gasteiger partial charge in [-0.2, -0.15) is 0 Å². The van der Waals surface area contributed by atoms with Gasteiger partial charge in [-0.05, 0) is 25.2 Å². The summed E-state index contributed by atoms with van der Waals surface area (Å²) in [5.74, 6) is -0.957. The van der Waals surface area contributed by atoms with Crippen LogP contribution in [0.1, 0.15) is 33.1 Å². The lowest BCUT2D eigenvalue weighted by Crippen LogP contribution is -2.43. The maximum atomic E-state index is 11.5. The average Bonchev–Trinajstić information content (AvgIpc) is 2.82. The van der Waals surface area contributed by atoms with Crippen LogP contribution in [-0.4, -0.2) is 30.8 Å². The van der Waals surface area contributed by atoms with E-state index < -0.39 is 22.0 Å². The zero-order valence-electron chi connectivity index (χ0n) is 8.93. The van der Waals surface area contributed by atoms with Crippen LogP contribution in [0.3, 0.4) is 0 Å². The van der Waals surface area contributed by atoms with Crippen molar-refractivity contribution in [1.29, 1.82) is 0 Å².